The smallest absolute Gasteiger partial charge is 0.323 e. The number of benzene rings is 1. The van der Waals surface area contributed by atoms with Crippen LogP contribution in [0.3, 0.4) is 0 Å². The Bertz CT molecular complexity index is 408. The van der Waals surface area contributed by atoms with Gasteiger partial charge in [-0.05, 0) is 52.4 Å². The van der Waals surface area contributed by atoms with E-state index in [2.05, 4.69) is 41.5 Å². The fourth-order valence-electron chi connectivity index (χ4n) is 2.12. The molecule has 0 aliphatic carbocycles. The first kappa shape index (κ1) is 16.7. The van der Waals surface area contributed by atoms with Crippen LogP contribution in [0.25, 0.3) is 0 Å². The number of hydrogen-bond acceptors (Lipinski definition) is 3. The van der Waals surface area contributed by atoms with Crippen LogP contribution in [-0.2, 0) is 11.2 Å². The van der Waals surface area contributed by atoms with Crippen molar-refractivity contribution in [3.05, 3.63) is 35.9 Å². The van der Waals surface area contributed by atoms with Crippen molar-refractivity contribution in [2.75, 3.05) is 27.2 Å². The minimum Gasteiger partial charge on any atom is -0.480 e. The molecule has 1 atom stereocenters. The highest BCUT2D eigenvalue weighted by Crippen LogP contribution is 2.12. The van der Waals surface area contributed by atoms with Crippen molar-refractivity contribution in [1.82, 2.24) is 10.2 Å². The Balaban J connectivity index is 2.26. The predicted molar refractivity (Wildman–Crippen MR) is 82.0 cm³/mol. The summed E-state index contributed by atoms with van der Waals surface area (Å²) in [5.74, 6) is -0.785. The predicted octanol–water partition coefficient (Wildman–Crippen LogP) is 2.00. The minimum atomic E-state index is -0.819. The van der Waals surface area contributed by atoms with E-state index in [0.717, 1.165) is 25.9 Å². The molecule has 4 heteroatoms. The third kappa shape index (κ3) is 5.31. The topological polar surface area (TPSA) is 52.6 Å². The SMILES string of the molecule is CNC(C)(CCCN(C)CCc1ccccc1)C(=O)O. The maximum absolute atomic E-state index is 11.2. The lowest BCUT2D eigenvalue weighted by molar-refractivity contribution is -0.144. The molecule has 0 saturated heterocycles. The van der Waals surface area contributed by atoms with Crippen LogP contribution in [-0.4, -0.2) is 48.7 Å². The number of carboxylic acids is 1. The minimum absolute atomic E-state index is 0.633. The van der Waals surface area contributed by atoms with E-state index >= 15 is 0 Å². The fraction of sp³-hybridized carbons (Fsp3) is 0.562. The van der Waals surface area contributed by atoms with Crippen molar-refractivity contribution in [3.8, 4) is 0 Å². The Kier molecular flexibility index (Phi) is 6.68. The lowest BCUT2D eigenvalue weighted by Gasteiger charge is -2.25. The zero-order chi connectivity index (χ0) is 15.0. The van der Waals surface area contributed by atoms with Crippen LogP contribution in [0.15, 0.2) is 30.3 Å². The Labute approximate surface area is 121 Å². The molecule has 0 bridgehead atoms. The third-order valence-corrected chi connectivity index (χ3v) is 3.87. The number of likely N-dealkylation sites (N-methyl/N-ethyl adjacent to an activating group) is 2. The molecule has 0 aliphatic heterocycles. The highest BCUT2D eigenvalue weighted by atomic mass is 16.4. The lowest BCUT2D eigenvalue weighted by atomic mass is 9.96. The molecule has 0 aliphatic rings. The Morgan fingerprint density at radius 3 is 2.50 bits per heavy atom. The second-order valence-electron chi connectivity index (χ2n) is 5.53. The summed E-state index contributed by atoms with van der Waals surface area (Å²) in [6, 6.07) is 10.4. The standard InChI is InChI=1S/C16H26N2O2/c1-16(17-2,15(19)20)11-7-12-18(3)13-10-14-8-5-4-6-9-14/h4-6,8-9,17H,7,10-13H2,1-3H3,(H,19,20). The number of hydrogen-bond donors (Lipinski definition) is 2. The first-order valence-electron chi connectivity index (χ1n) is 7.13. The molecule has 1 aromatic rings. The van der Waals surface area contributed by atoms with Gasteiger partial charge in [-0.25, -0.2) is 0 Å². The highest BCUT2D eigenvalue weighted by Gasteiger charge is 2.30. The first-order valence-corrected chi connectivity index (χ1v) is 7.13. The average molecular weight is 278 g/mol. The summed E-state index contributed by atoms with van der Waals surface area (Å²) in [5, 5.41) is 12.1. The second-order valence-corrected chi connectivity index (χ2v) is 5.53. The quantitative estimate of drug-likeness (QED) is 0.725. The summed E-state index contributed by atoms with van der Waals surface area (Å²) in [6.45, 7) is 3.64. The zero-order valence-corrected chi connectivity index (χ0v) is 12.7. The Morgan fingerprint density at radius 2 is 1.95 bits per heavy atom. The van der Waals surface area contributed by atoms with Crippen LogP contribution in [0, 0.1) is 0 Å². The lowest BCUT2D eigenvalue weighted by Crippen LogP contribution is -2.47. The van der Waals surface area contributed by atoms with Gasteiger partial charge in [0.1, 0.15) is 5.54 Å². The summed E-state index contributed by atoms with van der Waals surface area (Å²) in [4.78, 5) is 13.4. The molecular formula is C16H26N2O2. The van der Waals surface area contributed by atoms with E-state index < -0.39 is 11.5 Å². The summed E-state index contributed by atoms with van der Waals surface area (Å²) >= 11 is 0. The molecule has 1 rings (SSSR count). The molecule has 0 radical (unpaired) electrons. The van der Waals surface area contributed by atoms with Crippen molar-refractivity contribution >= 4 is 5.97 Å². The number of aliphatic carboxylic acids is 1. The number of nitrogens with one attached hydrogen (secondary N) is 1. The van der Waals surface area contributed by atoms with Crippen molar-refractivity contribution in [3.63, 3.8) is 0 Å². The Hall–Kier alpha value is -1.39. The van der Waals surface area contributed by atoms with E-state index in [1.54, 1.807) is 14.0 Å². The van der Waals surface area contributed by atoms with Gasteiger partial charge in [0.05, 0.1) is 0 Å². The van der Waals surface area contributed by atoms with Crippen LogP contribution < -0.4 is 5.32 Å². The summed E-state index contributed by atoms with van der Waals surface area (Å²) in [7, 11) is 3.79. The summed E-state index contributed by atoms with van der Waals surface area (Å²) in [5.41, 5.74) is 0.519. The van der Waals surface area contributed by atoms with E-state index in [1.165, 1.54) is 5.56 Å². The molecule has 20 heavy (non-hydrogen) atoms. The largest absolute Gasteiger partial charge is 0.480 e. The molecule has 0 spiro atoms. The van der Waals surface area contributed by atoms with Crippen LogP contribution >= 0.6 is 0 Å². The van der Waals surface area contributed by atoms with E-state index in [0.29, 0.717) is 6.42 Å². The molecule has 112 valence electrons. The van der Waals surface area contributed by atoms with Crippen LogP contribution in [0.1, 0.15) is 25.3 Å². The molecule has 0 amide bonds. The van der Waals surface area contributed by atoms with Crippen molar-refractivity contribution in [2.24, 2.45) is 0 Å². The van der Waals surface area contributed by atoms with Gasteiger partial charge in [-0.3, -0.25) is 4.79 Å². The maximum atomic E-state index is 11.2. The van der Waals surface area contributed by atoms with Gasteiger partial charge in [0.15, 0.2) is 0 Å². The average Bonchev–Trinajstić information content (AvgIpc) is 2.45. The summed E-state index contributed by atoms with van der Waals surface area (Å²) in [6.07, 6.45) is 2.53. The van der Waals surface area contributed by atoms with Gasteiger partial charge in [-0.2, -0.15) is 0 Å². The van der Waals surface area contributed by atoms with Crippen LogP contribution in [0.2, 0.25) is 0 Å². The van der Waals surface area contributed by atoms with E-state index in [-0.39, 0.29) is 0 Å². The number of nitrogens with zero attached hydrogens (tertiary/aromatic N) is 1. The van der Waals surface area contributed by atoms with Gasteiger partial charge in [-0.1, -0.05) is 30.3 Å². The van der Waals surface area contributed by atoms with Gasteiger partial charge in [-0.15, -0.1) is 0 Å². The number of carboxylic acid groups (broad SMARTS) is 1. The van der Waals surface area contributed by atoms with Gasteiger partial charge < -0.3 is 15.3 Å². The molecule has 1 aromatic carbocycles. The highest BCUT2D eigenvalue weighted by molar-refractivity contribution is 5.78. The third-order valence-electron chi connectivity index (χ3n) is 3.87. The molecule has 1 unspecified atom stereocenters. The molecular weight excluding hydrogens is 252 g/mol. The monoisotopic (exact) mass is 278 g/mol. The van der Waals surface area contributed by atoms with Gasteiger partial charge in [0.25, 0.3) is 0 Å². The van der Waals surface area contributed by atoms with Crippen LogP contribution in [0.5, 0.6) is 0 Å². The molecule has 0 fully saturated rings. The number of rotatable bonds is 9. The normalized spacial score (nSPS) is 14.2. The molecule has 0 aromatic heterocycles. The van der Waals surface area contributed by atoms with E-state index in [1.807, 2.05) is 6.07 Å². The first-order chi connectivity index (χ1) is 9.48. The van der Waals surface area contributed by atoms with Crippen molar-refractivity contribution in [1.29, 1.82) is 0 Å². The van der Waals surface area contributed by atoms with Gasteiger partial charge >= 0.3 is 5.97 Å². The van der Waals surface area contributed by atoms with Gasteiger partial charge in [0.2, 0.25) is 0 Å². The summed E-state index contributed by atoms with van der Waals surface area (Å²) < 4.78 is 0. The molecule has 0 saturated carbocycles. The van der Waals surface area contributed by atoms with Crippen molar-refractivity contribution in [2.45, 2.75) is 31.7 Å². The van der Waals surface area contributed by atoms with Crippen LogP contribution in [0.4, 0.5) is 0 Å². The van der Waals surface area contributed by atoms with Crippen molar-refractivity contribution < 1.29 is 9.90 Å². The molecule has 4 nitrogen and oxygen atoms in total. The van der Waals surface area contributed by atoms with E-state index in [9.17, 15) is 9.90 Å². The van der Waals surface area contributed by atoms with E-state index in [4.69, 9.17) is 0 Å². The number of carbonyl (C=O) groups is 1. The molecule has 0 heterocycles. The fourth-order valence-corrected chi connectivity index (χ4v) is 2.12. The molecule has 2 N–H and O–H groups in total. The zero-order valence-electron chi connectivity index (χ0n) is 12.7. The second kappa shape index (κ2) is 8.02. The van der Waals surface area contributed by atoms with Gasteiger partial charge in [0, 0.05) is 6.54 Å². The maximum Gasteiger partial charge on any atom is 0.323 e. The Morgan fingerprint density at radius 1 is 1.30 bits per heavy atom.